The van der Waals surface area contributed by atoms with E-state index in [0.29, 0.717) is 23.9 Å². The smallest absolute Gasteiger partial charge is 0.130 e. The van der Waals surface area contributed by atoms with Crippen LogP contribution in [0.15, 0.2) is 34.7 Å². The molecule has 1 aliphatic rings. The summed E-state index contributed by atoms with van der Waals surface area (Å²) in [5.41, 5.74) is 0.457. The topological polar surface area (TPSA) is 25.2 Å². The average molecular weight is 291 g/mol. The molecule has 0 amide bonds. The summed E-state index contributed by atoms with van der Waals surface area (Å²) in [5, 5.41) is 3.20. The van der Waals surface area contributed by atoms with Gasteiger partial charge in [-0.3, -0.25) is 0 Å². The Bertz CT molecular complexity index is 637. The van der Waals surface area contributed by atoms with Crippen molar-refractivity contribution in [2.75, 3.05) is 0 Å². The molecule has 1 N–H and O–H groups in total. The Hall–Kier alpha value is -1.68. The van der Waals surface area contributed by atoms with Gasteiger partial charge >= 0.3 is 0 Å². The maximum absolute atomic E-state index is 13.7. The molecule has 21 heavy (non-hydrogen) atoms. The number of furan rings is 1. The quantitative estimate of drug-likeness (QED) is 0.875. The minimum Gasteiger partial charge on any atom is -0.464 e. The second-order valence-electron chi connectivity index (χ2n) is 5.89. The molecule has 2 aromatic rings. The molecule has 0 bridgehead atoms. The van der Waals surface area contributed by atoms with E-state index in [1.165, 1.54) is 18.6 Å². The van der Waals surface area contributed by atoms with E-state index in [2.05, 4.69) is 12.2 Å². The van der Waals surface area contributed by atoms with Crippen molar-refractivity contribution in [2.45, 2.75) is 38.8 Å². The van der Waals surface area contributed by atoms with Gasteiger partial charge in [0.1, 0.15) is 23.2 Å². The molecule has 1 heterocycles. The van der Waals surface area contributed by atoms with E-state index in [9.17, 15) is 8.78 Å². The normalized spacial score (nSPS) is 22.3. The molecule has 0 saturated heterocycles. The molecular formula is C17H19F2NO. The third kappa shape index (κ3) is 3.16. The summed E-state index contributed by atoms with van der Waals surface area (Å²) in [6, 6.07) is 7.43. The highest BCUT2D eigenvalue weighted by atomic mass is 19.1. The molecule has 3 atom stereocenters. The first-order valence-electron chi connectivity index (χ1n) is 7.31. The molecular weight excluding hydrogens is 272 g/mol. The van der Waals surface area contributed by atoms with E-state index in [-0.39, 0.29) is 6.04 Å². The Labute approximate surface area is 123 Å². The van der Waals surface area contributed by atoms with Gasteiger partial charge in [-0.2, -0.15) is 0 Å². The van der Waals surface area contributed by atoms with Gasteiger partial charge < -0.3 is 9.73 Å². The van der Waals surface area contributed by atoms with Crippen molar-refractivity contribution in [3.63, 3.8) is 0 Å². The summed E-state index contributed by atoms with van der Waals surface area (Å²) < 4.78 is 32.4. The van der Waals surface area contributed by atoms with E-state index in [1.54, 1.807) is 0 Å². The maximum atomic E-state index is 13.7. The van der Waals surface area contributed by atoms with E-state index in [0.717, 1.165) is 17.6 Å². The Kier molecular flexibility index (Phi) is 3.81. The van der Waals surface area contributed by atoms with E-state index in [1.807, 2.05) is 19.1 Å². The van der Waals surface area contributed by atoms with Crippen molar-refractivity contribution < 1.29 is 13.2 Å². The van der Waals surface area contributed by atoms with Gasteiger partial charge in [0.25, 0.3) is 0 Å². The second kappa shape index (κ2) is 5.60. The molecule has 0 aliphatic heterocycles. The Morgan fingerprint density at radius 1 is 1.29 bits per heavy atom. The third-order valence-corrected chi connectivity index (χ3v) is 4.17. The van der Waals surface area contributed by atoms with Crippen LogP contribution in [0.1, 0.15) is 49.3 Å². The van der Waals surface area contributed by atoms with Crippen LogP contribution < -0.4 is 5.32 Å². The first kappa shape index (κ1) is 14.3. The standard InChI is InChI=1S/C17H19F2NO/c1-10-7-15(10)17-6-4-13(21-17)9-20-11(2)14-5-3-12(18)8-16(14)19/h3-6,8,10-11,15,20H,7,9H2,1-2H3/t10-,11+,15-/m1/s1. The summed E-state index contributed by atoms with van der Waals surface area (Å²) in [4.78, 5) is 0. The van der Waals surface area contributed by atoms with E-state index < -0.39 is 11.6 Å². The van der Waals surface area contributed by atoms with Crippen molar-refractivity contribution in [1.82, 2.24) is 5.32 Å². The minimum atomic E-state index is -0.558. The number of rotatable bonds is 5. The molecule has 112 valence electrons. The van der Waals surface area contributed by atoms with Crippen molar-refractivity contribution >= 4 is 0 Å². The summed E-state index contributed by atoms with van der Waals surface area (Å²) in [5.74, 6) is 2.08. The molecule has 0 unspecified atom stereocenters. The summed E-state index contributed by atoms with van der Waals surface area (Å²) in [7, 11) is 0. The lowest BCUT2D eigenvalue weighted by Crippen LogP contribution is -2.18. The highest BCUT2D eigenvalue weighted by Crippen LogP contribution is 2.47. The van der Waals surface area contributed by atoms with Crippen molar-refractivity contribution in [1.29, 1.82) is 0 Å². The van der Waals surface area contributed by atoms with Gasteiger partial charge in [0.05, 0.1) is 6.54 Å². The van der Waals surface area contributed by atoms with E-state index >= 15 is 0 Å². The molecule has 0 radical (unpaired) electrons. The highest BCUT2D eigenvalue weighted by molar-refractivity contribution is 5.22. The van der Waals surface area contributed by atoms with Crippen LogP contribution in [0.3, 0.4) is 0 Å². The van der Waals surface area contributed by atoms with Crippen LogP contribution in [0.5, 0.6) is 0 Å². The molecule has 4 heteroatoms. The lowest BCUT2D eigenvalue weighted by molar-refractivity contribution is 0.425. The Morgan fingerprint density at radius 3 is 2.71 bits per heavy atom. The molecule has 1 aliphatic carbocycles. The maximum Gasteiger partial charge on any atom is 0.130 e. The predicted octanol–water partition coefficient (Wildman–Crippen LogP) is 4.53. The summed E-state index contributed by atoms with van der Waals surface area (Å²) in [6.45, 7) is 4.59. The Balaban J connectivity index is 1.60. The predicted molar refractivity (Wildman–Crippen MR) is 76.8 cm³/mol. The molecule has 1 aromatic carbocycles. The number of nitrogens with one attached hydrogen (secondary N) is 1. The molecule has 3 rings (SSSR count). The first-order valence-corrected chi connectivity index (χ1v) is 7.31. The van der Waals surface area contributed by atoms with Crippen LogP contribution in [-0.4, -0.2) is 0 Å². The van der Waals surface area contributed by atoms with Gasteiger partial charge in [0, 0.05) is 23.6 Å². The van der Waals surface area contributed by atoms with Gasteiger partial charge in [-0.25, -0.2) is 8.78 Å². The largest absolute Gasteiger partial charge is 0.464 e. The lowest BCUT2D eigenvalue weighted by atomic mass is 10.1. The fourth-order valence-corrected chi connectivity index (χ4v) is 2.62. The van der Waals surface area contributed by atoms with Crippen LogP contribution in [-0.2, 0) is 6.54 Å². The molecule has 0 spiro atoms. The third-order valence-electron chi connectivity index (χ3n) is 4.17. The number of halogens is 2. The zero-order chi connectivity index (χ0) is 15.0. The zero-order valence-corrected chi connectivity index (χ0v) is 12.2. The van der Waals surface area contributed by atoms with Crippen molar-refractivity contribution in [2.24, 2.45) is 5.92 Å². The number of hydrogen-bond donors (Lipinski definition) is 1. The average Bonchev–Trinajstić information content (AvgIpc) is 2.99. The van der Waals surface area contributed by atoms with Crippen LogP contribution in [0.2, 0.25) is 0 Å². The van der Waals surface area contributed by atoms with Crippen LogP contribution in [0, 0.1) is 17.6 Å². The Morgan fingerprint density at radius 2 is 2.05 bits per heavy atom. The number of benzene rings is 1. The monoisotopic (exact) mass is 291 g/mol. The van der Waals surface area contributed by atoms with Gasteiger partial charge in [-0.1, -0.05) is 13.0 Å². The summed E-state index contributed by atoms with van der Waals surface area (Å²) >= 11 is 0. The van der Waals surface area contributed by atoms with Gasteiger partial charge in [-0.05, 0) is 37.5 Å². The molecule has 1 fully saturated rings. The SMILES string of the molecule is C[C@H](NCc1ccc([C@@H]2C[C@H]2C)o1)c1ccc(F)cc1F. The van der Waals surface area contributed by atoms with Crippen molar-refractivity contribution in [3.8, 4) is 0 Å². The second-order valence-corrected chi connectivity index (χ2v) is 5.89. The van der Waals surface area contributed by atoms with Gasteiger partial charge in [0.15, 0.2) is 0 Å². The number of hydrogen-bond acceptors (Lipinski definition) is 2. The van der Waals surface area contributed by atoms with Crippen LogP contribution in [0.25, 0.3) is 0 Å². The van der Waals surface area contributed by atoms with Gasteiger partial charge in [0.2, 0.25) is 0 Å². The van der Waals surface area contributed by atoms with Crippen LogP contribution in [0.4, 0.5) is 8.78 Å². The van der Waals surface area contributed by atoms with Crippen LogP contribution >= 0.6 is 0 Å². The van der Waals surface area contributed by atoms with E-state index in [4.69, 9.17) is 4.42 Å². The fourth-order valence-electron chi connectivity index (χ4n) is 2.62. The minimum absolute atomic E-state index is 0.209. The molecule has 1 saturated carbocycles. The first-order chi connectivity index (χ1) is 10.0. The molecule has 1 aromatic heterocycles. The van der Waals surface area contributed by atoms with Crippen molar-refractivity contribution in [3.05, 3.63) is 59.1 Å². The zero-order valence-electron chi connectivity index (χ0n) is 12.2. The fraction of sp³-hybridized carbons (Fsp3) is 0.412. The van der Waals surface area contributed by atoms with Gasteiger partial charge in [-0.15, -0.1) is 0 Å². The lowest BCUT2D eigenvalue weighted by Gasteiger charge is -2.14. The summed E-state index contributed by atoms with van der Waals surface area (Å²) in [6.07, 6.45) is 1.19. The molecule has 2 nitrogen and oxygen atoms in total. The highest BCUT2D eigenvalue weighted by Gasteiger charge is 2.36.